The lowest BCUT2D eigenvalue weighted by Crippen LogP contribution is -2.38. The van der Waals surface area contributed by atoms with Crippen molar-refractivity contribution >= 4 is 27.6 Å². The molecular weight excluding hydrogens is 544 g/mol. The molecule has 2 aliphatic rings. The van der Waals surface area contributed by atoms with E-state index in [1.807, 2.05) is 17.8 Å². The number of benzene rings is 1. The highest BCUT2D eigenvalue weighted by Gasteiger charge is 2.30. The van der Waals surface area contributed by atoms with Crippen molar-refractivity contribution in [2.24, 2.45) is 18.4 Å². The number of carbonyl (C=O) groups excluding carboxylic acids is 1. The van der Waals surface area contributed by atoms with Crippen LogP contribution in [0.3, 0.4) is 0 Å². The monoisotopic (exact) mass is 586 g/mol. The lowest BCUT2D eigenvalue weighted by Gasteiger charge is -2.34. The number of aromatic nitrogens is 4. The first-order valence-corrected chi connectivity index (χ1v) is 16.0. The third-order valence-electron chi connectivity index (χ3n) is 9.19. The van der Waals surface area contributed by atoms with Crippen LogP contribution in [0.5, 0.6) is 0 Å². The van der Waals surface area contributed by atoms with Crippen molar-refractivity contribution in [2.75, 3.05) is 19.6 Å². The molecule has 1 fully saturated rings. The number of likely N-dealkylation sites (tertiary alicyclic amines) is 1. The second kappa shape index (κ2) is 11.9. The summed E-state index contributed by atoms with van der Waals surface area (Å²) in [5, 5.41) is 13.7. The Labute approximate surface area is 252 Å². The molecule has 0 unspecified atom stereocenters. The lowest BCUT2D eigenvalue weighted by molar-refractivity contribution is 0.0795. The Hall–Kier alpha value is -3.14. The van der Waals surface area contributed by atoms with Gasteiger partial charge in [0, 0.05) is 32.4 Å². The Kier molecular flexibility index (Phi) is 8.18. The number of piperidine rings is 1. The summed E-state index contributed by atoms with van der Waals surface area (Å²) in [7, 11) is 1.99. The summed E-state index contributed by atoms with van der Waals surface area (Å²) in [6.07, 6.45) is 8.99. The van der Waals surface area contributed by atoms with Crippen LogP contribution in [0.15, 0.2) is 42.9 Å². The van der Waals surface area contributed by atoms with Gasteiger partial charge in [0.2, 0.25) is 0 Å². The predicted molar refractivity (Wildman–Crippen MR) is 168 cm³/mol. The zero-order valence-corrected chi connectivity index (χ0v) is 26.0. The number of carbonyl (C=O) groups is 1. The molecule has 4 heterocycles. The molecule has 1 saturated heterocycles. The van der Waals surface area contributed by atoms with E-state index < -0.39 is 0 Å². The molecule has 42 heavy (non-hydrogen) atoms. The van der Waals surface area contributed by atoms with Crippen LogP contribution >= 0.6 is 11.3 Å². The van der Waals surface area contributed by atoms with Crippen LogP contribution in [0.2, 0.25) is 0 Å². The molecule has 6 rings (SSSR count). The van der Waals surface area contributed by atoms with Crippen LogP contribution in [-0.2, 0) is 19.9 Å². The maximum Gasteiger partial charge on any atom is 0.280 e. The highest BCUT2D eigenvalue weighted by Crippen LogP contribution is 2.38. The number of hydrogen-bond donors (Lipinski definition) is 2. The highest BCUT2D eigenvalue weighted by molar-refractivity contribution is 7.19. The Morgan fingerprint density at radius 1 is 1.14 bits per heavy atom. The van der Waals surface area contributed by atoms with Gasteiger partial charge in [-0.05, 0) is 72.6 Å². The molecule has 222 valence electrons. The number of fused-ring (bicyclic) bond motifs is 2. The SMILES string of the molecule is Cn1cncc1-c1ccc([C@@H](CCN2CCC(O)CC2)NC(=O)c2nc3cc4c(nc3s2)CC[C@H](C(C)(C)C)C4)cc1. The quantitative estimate of drug-likeness (QED) is 0.294. The zero-order valence-electron chi connectivity index (χ0n) is 25.1. The number of amides is 1. The molecule has 8 nitrogen and oxygen atoms in total. The molecule has 2 atom stereocenters. The number of thiazole rings is 1. The molecule has 4 aromatic rings. The van der Waals surface area contributed by atoms with E-state index in [4.69, 9.17) is 9.97 Å². The molecule has 0 saturated carbocycles. The molecule has 1 aliphatic carbocycles. The van der Waals surface area contributed by atoms with E-state index in [9.17, 15) is 9.90 Å². The first-order valence-electron chi connectivity index (χ1n) is 15.2. The van der Waals surface area contributed by atoms with Crippen molar-refractivity contribution in [1.82, 2.24) is 29.7 Å². The number of aliphatic hydroxyl groups excluding tert-OH is 1. The Morgan fingerprint density at radius 2 is 1.90 bits per heavy atom. The largest absolute Gasteiger partial charge is 0.393 e. The summed E-state index contributed by atoms with van der Waals surface area (Å²) in [6.45, 7) is 9.56. The van der Waals surface area contributed by atoms with Crippen LogP contribution in [0, 0.1) is 11.3 Å². The van der Waals surface area contributed by atoms with Gasteiger partial charge in [-0.25, -0.2) is 15.0 Å². The third kappa shape index (κ3) is 6.28. The van der Waals surface area contributed by atoms with Gasteiger partial charge in [-0.1, -0.05) is 56.4 Å². The van der Waals surface area contributed by atoms with Gasteiger partial charge in [0.25, 0.3) is 5.91 Å². The van der Waals surface area contributed by atoms with E-state index in [0.717, 1.165) is 91.0 Å². The second-order valence-corrected chi connectivity index (χ2v) is 14.1. The van der Waals surface area contributed by atoms with Crippen molar-refractivity contribution in [1.29, 1.82) is 0 Å². The Bertz CT molecular complexity index is 1550. The normalized spacial score (nSPS) is 19.1. The minimum Gasteiger partial charge on any atom is -0.393 e. The first-order chi connectivity index (χ1) is 20.1. The van der Waals surface area contributed by atoms with Gasteiger partial charge in [0.15, 0.2) is 5.01 Å². The van der Waals surface area contributed by atoms with Crippen molar-refractivity contribution < 1.29 is 9.90 Å². The summed E-state index contributed by atoms with van der Waals surface area (Å²) in [5.74, 6) is 0.470. The summed E-state index contributed by atoms with van der Waals surface area (Å²) in [6, 6.07) is 10.4. The Balaban J connectivity index is 1.21. The van der Waals surface area contributed by atoms with E-state index in [1.165, 1.54) is 16.9 Å². The van der Waals surface area contributed by atoms with Crippen molar-refractivity contribution in [3.05, 3.63) is 64.7 Å². The second-order valence-electron chi connectivity index (χ2n) is 13.1. The Morgan fingerprint density at radius 3 is 2.60 bits per heavy atom. The number of aliphatic hydroxyl groups is 1. The standard InChI is InChI=1S/C33H42N6O2S/c1-33(2,3)24-9-10-26-23(17-24)18-28-31(36-26)42-32(37-28)30(41)35-27(13-16-39-14-11-25(40)12-15-39)21-5-7-22(8-6-21)29-19-34-20-38(29)4/h5-8,18-20,24-25,27,40H,9-17H2,1-4H3,(H,35,41)/t24-,27+/m0/s1. The summed E-state index contributed by atoms with van der Waals surface area (Å²) >= 11 is 1.39. The van der Waals surface area contributed by atoms with E-state index in [-0.39, 0.29) is 23.5 Å². The zero-order chi connectivity index (χ0) is 29.4. The smallest absolute Gasteiger partial charge is 0.280 e. The molecule has 1 aromatic carbocycles. The molecule has 0 radical (unpaired) electrons. The average molecular weight is 587 g/mol. The molecule has 2 N–H and O–H groups in total. The fraction of sp³-hybridized carbons (Fsp3) is 0.515. The summed E-state index contributed by atoms with van der Waals surface area (Å²) in [4.78, 5) is 30.8. The molecule has 1 aliphatic heterocycles. The van der Waals surface area contributed by atoms with Crippen molar-refractivity contribution in [2.45, 2.75) is 71.4 Å². The van der Waals surface area contributed by atoms with Crippen LogP contribution in [0.25, 0.3) is 21.6 Å². The maximum absolute atomic E-state index is 13.6. The summed E-state index contributed by atoms with van der Waals surface area (Å²) < 4.78 is 2.00. The number of aryl methyl sites for hydroxylation is 2. The predicted octanol–water partition coefficient (Wildman–Crippen LogP) is 5.56. The number of nitrogens with zero attached hydrogens (tertiary/aromatic N) is 5. The first kappa shape index (κ1) is 29.0. The minimum absolute atomic E-state index is 0.154. The average Bonchev–Trinajstić information content (AvgIpc) is 3.59. The molecule has 0 bridgehead atoms. The maximum atomic E-state index is 13.6. The van der Waals surface area contributed by atoms with Crippen LogP contribution in [0.4, 0.5) is 0 Å². The van der Waals surface area contributed by atoms with Crippen LogP contribution in [-0.4, -0.2) is 61.2 Å². The molecule has 3 aromatic heterocycles. The number of pyridine rings is 1. The van der Waals surface area contributed by atoms with E-state index in [2.05, 4.69) is 66.3 Å². The van der Waals surface area contributed by atoms with Gasteiger partial charge in [0.05, 0.1) is 30.4 Å². The molecular formula is C33H42N6O2S. The van der Waals surface area contributed by atoms with Gasteiger partial charge in [-0.3, -0.25) is 4.79 Å². The van der Waals surface area contributed by atoms with Crippen molar-refractivity contribution in [3.8, 4) is 11.3 Å². The van der Waals surface area contributed by atoms with Crippen molar-refractivity contribution in [3.63, 3.8) is 0 Å². The van der Waals surface area contributed by atoms with Gasteiger partial charge in [-0.2, -0.15) is 0 Å². The number of hydrogen-bond acceptors (Lipinski definition) is 7. The van der Waals surface area contributed by atoms with Gasteiger partial charge in [0.1, 0.15) is 10.3 Å². The van der Waals surface area contributed by atoms with E-state index in [1.54, 1.807) is 6.33 Å². The number of nitrogens with one attached hydrogen (secondary N) is 1. The fourth-order valence-corrected chi connectivity index (χ4v) is 7.21. The molecule has 9 heteroatoms. The van der Waals surface area contributed by atoms with Crippen LogP contribution < -0.4 is 5.32 Å². The fourth-order valence-electron chi connectivity index (χ4n) is 6.37. The van der Waals surface area contributed by atoms with Gasteiger partial charge < -0.3 is 19.9 Å². The topological polar surface area (TPSA) is 96.2 Å². The third-order valence-corrected chi connectivity index (χ3v) is 10.2. The summed E-state index contributed by atoms with van der Waals surface area (Å²) in [5.41, 5.74) is 6.73. The van der Waals surface area contributed by atoms with Gasteiger partial charge >= 0.3 is 0 Å². The number of imidazole rings is 1. The van der Waals surface area contributed by atoms with E-state index in [0.29, 0.717) is 10.9 Å². The number of rotatable bonds is 7. The molecule has 0 spiro atoms. The highest BCUT2D eigenvalue weighted by atomic mass is 32.1. The molecule has 1 amide bonds. The van der Waals surface area contributed by atoms with Gasteiger partial charge in [-0.15, -0.1) is 0 Å². The minimum atomic E-state index is -0.200. The van der Waals surface area contributed by atoms with E-state index >= 15 is 0 Å². The van der Waals surface area contributed by atoms with Crippen LogP contribution in [0.1, 0.15) is 79.1 Å². The lowest BCUT2D eigenvalue weighted by atomic mass is 9.71.